The van der Waals surface area contributed by atoms with Gasteiger partial charge in [0.05, 0.1) is 6.61 Å². The third-order valence-electron chi connectivity index (χ3n) is 2.26. The first-order valence-corrected chi connectivity index (χ1v) is 7.92. The molecular formula is C11H19NO3S2. The van der Waals surface area contributed by atoms with Crippen molar-refractivity contribution < 1.29 is 13.5 Å². The van der Waals surface area contributed by atoms with E-state index in [0.717, 1.165) is 17.8 Å². The largest absolute Gasteiger partial charge is 0.392 e. The number of hydrogen-bond acceptors (Lipinski definition) is 4. The fourth-order valence-electron chi connectivity index (χ4n) is 1.66. The minimum absolute atomic E-state index is 0.0836. The zero-order valence-electron chi connectivity index (χ0n) is 10.3. The van der Waals surface area contributed by atoms with Crippen LogP contribution >= 0.6 is 11.3 Å². The third kappa shape index (κ3) is 4.39. The van der Waals surface area contributed by atoms with Gasteiger partial charge in [0, 0.05) is 6.04 Å². The molecule has 0 saturated heterocycles. The van der Waals surface area contributed by atoms with Crippen LogP contribution in [0, 0.1) is 5.92 Å². The molecule has 1 unspecified atom stereocenters. The van der Waals surface area contributed by atoms with Gasteiger partial charge in [-0.3, -0.25) is 0 Å². The molecule has 0 aliphatic heterocycles. The molecular weight excluding hydrogens is 258 g/mol. The van der Waals surface area contributed by atoms with E-state index in [1.54, 1.807) is 5.38 Å². The Labute approximate surface area is 107 Å². The van der Waals surface area contributed by atoms with E-state index in [4.69, 9.17) is 5.11 Å². The summed E-state index contributed by atoms with van der Waals surface area (Å²) in [6.07, 6.45) is 0.803. The van der Waals surface area contributed by atoms with Crippen LogP contribution in [0.2, 0.25) is 0 Å². The van der Waals surface area contributed by atoms with Gasteiger partial charge in [0.2, 0.25) is 10.0 Å². The first-order valence-electron chi connectivity index (χ1n) is 5.55. The van der Waals surface area contributed by atoms with E-state index in [1.807, 2.05) is 6.92 Å². The first kappa shape index (κ1) is 14.6. The maximum absolute atomic E-state index is 12.0. The SMILES string of the molecule is CC(C)CC(C)NS(=O)(=O)c1cc(CO)cs1. The Bertz CT molecular complexity index is 451. The zero-order valence-corrected chi connectivity index (χ0v) is 11.9. The van der Waals surface area contributed by atoms with Crippen molar-refractivity contribution >= 4 is 21.4 Å². The lowest BCUT2D eigenvalue weighted by molar-refractivity contribution is 0.282. The number of nitrogens with one attached hydrogen (secondary N) is 1. The van der Waals surface area contributed by atoms with E-state index < -0.39 is 10.0 Å². The highest BCUT2D eigenvalue weighted by molar-refractivity contribution is 7.91. The molecule has 0 aliphatic carbocycles. The molecule has 0 aromatic carbocycles. The third-order valence-corrected chi connectivity index (χ3v) is 5.34. The van der Waals surface area contributed by atoms with Crippen LogP contribution in [0.15, 0.2) is 15.7 Å². The van der Waals surface area contributed by atoms with Crippen LogP contribution in [0.25, 0.3) is 0 Å². The molecule has 1 rings (SSSR count). The maximum Gasteiger partial charge on any atom is 0.250 e. The van der Waals surface area contributed by atoms with Crippen LogP contribution < -0.4 is 4.72 Å². The van der Waals surface area contributed by atoms with Gasteiger partial charge in [0.15, 0.2) is 0 Å². The van der Waals surface area contributed by atoms with E-state index in [0.29, 0.717) is 11.5 Å². The predicted octanol–water partition coefficient (Wildman–Crippen LogP) is 1.95. The summed E-state index contributed by atoms with van der Waals surface area (Å²) < 4.78 is 26.8. The quantitative estimate of drug-likeness (QED) is 0.835. The lowest BCUT2D eigenvalue weighted by atomic mass is 10.1. The topological polar surface area (TPSA) is 66.4 Å². The molecule has 0 radical (unpaired) electrons. The normalized spacial score (nSPS) is 14.2. The highest BCUT2D eigenvalue weighted by Gasteiger charge is 2.19. The van der Waals surface area contributed by atoms with Crippen molar-refractivity contribution in [3.63, 3.8) is 0 Å². The summed E-state index contributed by atoms with van der Waals surface area (Å²) in [4.78, 5) is 0. The van der Waals surface area contributed by atoms with Gasteiger partial charge in [-0.1, -0.05) is 13.8 Å². The van der Waals surface area contributed by atoms with Crippen LogP contribution in [0.3, 0.4) is 0 Å². The van der Waals surface area contributed by atoms with Gasteiger partial charge in [-0.25, -0.2) is 13.1 Å². The van der Waals surface area contributed by atoms with Crippen LogP contribution in [-0.2, 0) is 16.6 Å². The molecule has 98 valence electrons. The second-order valence-electron chi connectivity index (χ2n) is 4.58. The van der Waals surface area contributed by atoms with Gasteiger partial charge in [0.1, 0.15) is 4.21 Å². The fraction of sp³-hybridized carbons (Fsp3) is 0.636. The summed E-state index contributed by atoms with van der Waals surface area (Å²) in [6.45, 7) is 5.84. The van der Waals surface area contributed by atoms with Gasteiger partial charge in [-0.05, 0) is 36.3 Å². The number of aliphatic hydroxyl groups is 1. The molecule has 0 fully saturated rings. The van der Waals surface area contributed by atoms with Crippen LogP contribution in [0.1, 0.15) is 32.8 Å². The lowest BCUT2D eigenvalue weighted by Crippen LogP contribution is -2.33. The van der Waals surface area contributed by atoms with Crippen LogP contribution in [-0.4, -0.2) is 19.6 Å². The Hall–Kier alpha value is -0.430. The number of rotatable bonds is 6. The van der Waals surface area contributed by atoms with E-state index in [1.165, 1.54) is 6.07 Å². The number of hydrogen-bond donors (Lipinski definition) is 2. The van der Waals surface area contributed by atoms with Gasteiger partial charge in [-0.2, -0.15) is 0 Å². The molecule has 17 heavy (non-hydrogen) atoms. The Balaban J connectivity index is 2.74. The van der Waals surface area contributed by atoms with Crippen molar-refractivity contribution in [2.75, 3.05) is 0 Å². The fourth-order valence-corrected chi connectivity index (χ4v) is 4.13. The second-order valence-corrected chi connectivity index (χ2v) is 7.44. The minimum atomic E-state index is -3.44. The molecule has 1 aromatic rings. The smallest absolute Gasteiger partial charge is 0.250 e. The molecule has 0 spiro atoms. The Morgan fingerprint density at radius 1 is 1.41 bits per heavy atom. The van der Waals surface area contributed by atoms with Crippen LogP contribution in [0.4, 0.5) is 0 Å². The summed E-state index contributed by atoms with van der Waals surface area (Å²) in [7, 11) is -3.44. The minimum Gasteiger partial charge on any atom is -0.392 e. The average Bonchev–Trinajstić information content (AvgIpc) is 2.63. The Morgan fingerprint density at radius 2 is 2.06 bits per heavy atom. The van der Waals surface area contributed by atoms with Gasteiger partial charge >= 0.3 is 0 Å². The molecule has 1 aromatic heterocycles. The molecule has 1 atom stereocenters. The molecule has 0 aliphatic rings. The highest BCUT2D eigenvalue weighted by Crippen LogP contribution is 2.20. The van der Waals surface area contributed by atoms with Gasteiger partial charge in [-0.15, -0.1) is 11.3 Å². The average molecular weight is 277 g/mol. The lowest BCUT2D eigenvalue weighted by Gasteiger charge is -2.15. The summed E-state index contributed by atoms with van der Waals surface area (Å²) in [5.41, 5.74) is 0.631. The molecule has 6 heteroatoms. The van der Waals surface area contributed by atoms with Gasteiger partial charge in [0.25, 0.3) is 0 Å². The molecule has 4 nitrogen and oxygen atoms in total. The summed E-state index contributed by atoms with van der Waals surface area (Å²) in [6, 6.07) is 1.43. The van der Waals surface area contributed by atoms with Crippen molar-refractivity contribution in [3.05, 3.63) is 17.0 Å². The second kappa shape index (κ2) is 5.95. The molecule has 1 heterocycles. The summed E-state index contributed by atoms with van der Waals surface area (Å²) in [5.74, 6) is 0.448. The van der Waals surface area contributed by atoms with Crippen molar-refractivity contribution in [2.24, 2.45) is 5.92 Å². The van der Waals surface area contributed by atoms with Crippen LogP contribution in [0.5, 0.6) is 0 Å². The Kier molecular flexibility index (Phi) is 5.12. The highest BCUT2D eigenvalue weighted by atomic mass is 32.2. The molecule has 2 N–H and O–H groups in total. The van der Waals surface area contributed by atoms with E-state index in [9.17, 15) is 8.42 Å². The standard InChI is InChI=1S/C11H19NO3S2/c1-8(2)4-9(3)12-17(14,15)11-5-10(6-13)7-16-11/h5,7-9,12-13H,4,6H2,1-3H3. The molecule has 0 amide bonds. The maximum atomic E-state index is 12.0. The van der Waals surface area contributed by atoms with Crippen molar-refractivity contribution in [2.45, 2.75) is 44.0 Å². The monoisotopic (exact) mass is 277 g/mol. The van der Waals surface area contributed by atoms with E-state index >= 15 is 0 Å². The van der Waals surface area contributed by atoms with Crippen molar-refractivity contribution in [1.29, 1.82) is 0 Å². The van der Waals surface area contributed by atoms with Gasteiger partial charge < -0.3 is 5.11 Å². The summed E-state index contributed by atoms with van der Waals surface area (Å²) in [5, 5.41) is 10.6. The molecule has 0 saturated carbocycles. The van der Waals surface area contributed by atoms with Crippen molar-refractivity contribution in [3.8, 4) is 0 Å². The first-order chi connectivity index (χ1) is 7.85. The number of thiophene rings is 1. The summed E-state index contributed by atoms with van der Waals surface area (Å²) >= 11 is 1.13. The Morgan fingerprint density at radius 3 is 2.53 bits per heavy atom. The van der Waals surface area contributed by atoms with E-state index in [2.05, 4.69) is 18.6 Å². The molecule has 0 bridgehead atoms. The zero-order chi connectivity index (χ0) is 13.1. The van der Waals surface area contributed by atoms with Crippen molar-refractivity contribution in [1.82, 2.24) is 4.72 Å². The number of sulfonamides is 1. The predicted molar refractivity (Wildman–Crippen MR) is 69.5 cm³/mol. The number of aliphatic hydroxyl groups excluding tert-OH is 1. The van der Waals surface area contributed by atoms with E-state index in [-0.39, 0.29) is 16.9 Å².